The van der Waals surface area contributed by atoms with Crippen LogP contribution in [0.3, 0.4) is 0 Å². The van der Waals surface area contributed by atoms with E-state index in [1.807, 2.05) is 71.4 Å². The third-order valence-electron chi connectivity index (χ3n) is 5.92. The summed E-state index contributed by atoms with van der Waals surface area (Å²) in [4.78, 5) is 21.9. The van der Waals surface area contributed by atoms with Gasteiger partial charge < -0.3 is 5.32 Å². The maximum atomic E-state index is 12.4. The Morgan fingerprint density at radius 2 is 1.85 bits per heavy atom. The number of carbonyl (C=O) groups is 1. The maximum Gasteiger partial charge on any atom is 0.180 e. The van der Waals surface area contributed by atoms with Gasteiger partial charge in [-0.1, -0.05) is 54.6 Å². The summed E-state index contributed by atoms with van der Waals surface area (Å²) in [5.74, 6) is 1.99. The number of rotatable bonds is 9. The van der Waals surface area contributed by atoms with Gasteiger partial charge in [0.2, 0.25) is 0 Å². The van der Waals surface area contributed by atoms with Gasteiger partial charge in [-0.3, -0.25) is 13.4 Å². The first-order valence-corrected chi connectivity index (χ1v) is 12.9. The zero-order chi connectivity index (χ0) is 22.8. The van der Waals surface area contributed by atoms with E-state index in [0.29, 0.717) is 36.1 Å². The van der Waals surface area contributed by atoms with Crippen LogP contribution in [-0.4, -0.2) is 42.9 Å². The molecule has 2 aromatic carbocycles. The van der Waals surface area contributed by atoms with E-state index in [2.05, 4.69) is 10.3 Å². The molecular formula is C26H26N4O2S. The van der Waals surface area contributed by atoms with Crippen LogP contribution < -0.4 is 5.32 Å². The Morgan fingerprint density at radius 3 is 2.55 bits per heavy atom. The van der Waals surface area contributed by atoms with Crippen LogP contribution in [0.15, 0.2) is 67.0 Å². The smallest absolute Gasteiger partial charge is 0.180 e. The molecule has 5 rings (SSSR count). The average molecular weight is 459 g/mol. The summed E-state index contributed by atoms with van der Waals surface area (Å²) in [5.41, 5.74) is 5.20. The molecule has 0 saturated heterocycles. The number of anilines is 1. The Morgan fingerprint density at radius 1 is 1.09 bits per heavy atom. The summed E-state index contributed by atoms with van der Waals surface area (Å²) in [7, 11) is -0.890. The molecule has 0 aliphatic heterocycles. The van der Waals surface area contributed by atoms with Gasteiger partial charge in [-0.2, -0.15) is 0 Å². The number of carbonyl (C=O) groups excluding carboxylic acids is 1. The van der Waals surface area contributed by atoms with E-state index in [1.165, 1.54) is 12.8 Å². The van der Waals surface area contributed by atoms with Crippen molar-refractivity contribution in [1.29, 1.82) is 0 Å². The van der Waals surface area contributed by atoms with Gasteiger partial charge in [0.1, 0.15) is 0 Å². The lowest BCUT2D eigenvalue weighted by molar-refractivity contribution is 0.0976. The molecule has 0 bridgehead atoms. The van der Waals surface area contributed by atoms with Crippen molar-refractivity contribution in [3.63, 3.8) is 0 Å². The van der Waals surface area contributed by atoms with Crippen molar-refractivity contribution < 1.29 is 9.00 Å². The lowest BCUT2D eigenvalue weighted by Crippen LogP contribution is -2.12. The number of imidazole rings is 1. The van der Waals surface area contributed by atoms with E-state index in [4.69, 9.17) is 4.98 Å². The van der Waals surface area contributed by atoms with Gasteiger partial charge in [0.25, 0.3) is 0 Å². The number of nitrogens with zero attached hydrogens (tertiary/aromatic N) is 3. The summed E-state index contributed by atoms with van der Waals surface area (Å²) in [6, 6.07) is 17.8. The Hall–Kier alpha value is -3.32. The van der Waals surface area contributed by atoms with Crippen LogP contribution in [0.25, 0.3) is 28.2 Å². The van der Waals surface area contributed by atoms with Gasteiger partial charge >= 0.3 is 0 Å². The van der Waals surface area contributed by atoms with Crippen molar-refractivity contribution in [2.24, 2.45) is 5.92 Å². The average Bonchev–Trinajstić information content (AvgIpc) is 3.54. The summed E-state index contributed by atoms with van der Waals surface area (Å²) in [6.45, 7) is 0.546. The number of ketones is 1. The van der Waals surface area contributed by atoms with Crippen LogP contribution >= 0.6 is 0 Å². The number of Topliss-reactive ketones (excluding diaryl/α,β-unsaturated/α-hetero) is 1. The standard InChI is InChI=1S/C26H26N4O2S/c1-33(32)14-13-27-25-26-28-16-23(30(26)17-22(29-25)19-5-3-2-4-6-19)20-9-11-21(12-10-20)24(31)15-18-7-8-18/h2-6,9-12,16-18H,7-8,13-15H2,1H3,(H,27,29). The number of fused-ring (bicyclic) bond motifs is 1. The van der Waals surface area contributed by atoms with E-state index in [9.17, 15) is 9.00 Å². The molecular weight excluding hydrogens is 432 g/mol. The van der Waals surface area contributed by atoms with Gasteiger partial charge in [-0.05, 0) is 18.8 Å². The molecule has 1 saturated carbocycles. The molecule has 0 spiro atoms. The molecule has 4 aromatic rings. The van der Waals surface area contributed by atoms with Crippen LogP contribution in [0.4, 0.5) is 5.82 Å². The predicted molar refractivity (Wildman–Crippen MR) is 133 cm³/mol. The number of aromatic nitrogens is 3. The molecule has 168 valence electrons. The molecule has 1 N–H and O–H groups in total. The summed E-state index contributed by atoms with van der Waals surface area (Å²) in [5, 5.41) is 3.31. The highest BCUT2D eigenvalue weighted by Gasteiger charge is 2.25. The lowest BCUT2D eigenvalue weighted by atomic mass is 10.0. The molecule has 0 radical (unpaired) electrons. The fourth-order valence-corrected chi connectivity index (χ4v) is 4.30. The van der Waals surface area contributed by atoms with Crippen LogP contribution in [0.5, 0.6) is 0 Å². The molecule has 0 amide bonds. The quantitative estimate of drug-likeness (QED) is 0.363. The first-order valence-electron chi connectivity index (χ1n) is 11.2. The van der Waals surface area contributed by atoms with Gasteiger partial charge in [-0.25, -0.2) is 9.97 Å². The van der Waals surface area contributed by atoms with Gasteiger partial charge in [0, 0.05) is 58.7 Å². The molecule has 2 heterocycles. The number of benzene rings is 2. The fraction of sp³-hybridized carbons (Fsp3) is 0.269. The van der Waals surface area contributed by atoms with E-state index >= 15 is 0 Å². The highest BCUT2D eigenvalue weighted by Crippen LogP contribution is 2.34. The molecule has 1 unspecified atom stereocenters. The SMILES string of the molecule is CS(=O)CCNc1nc(-c2ccccc2)cn2c(-c3ccc(C(=O)CC4CC4)cc3)cnc12. The largest absolute Gasteiger partial charge is 0.366 e. The van der Waals surface area contributed by atoms with E-state index < -0.39 is 10.8 Å². The molecule has 2 aromatic heterocycles. The Balaban J connectivity index is 1.52. The Labute approximate surface area is 195 Å². The monoisotopic (exact) mass is 458 g/mol. The normalized spacial score (nSPS) is 14.3. The van der Waals surface area contributed by atoms with Crippen molar-refractivity contribution in [3.05, 3.63) is 72.6 Å². The Kier molecular flexibility index (Phi) is 6.05. The number of nitrogens with one attached hydrogen (secondary N) is 1. The van der Waals surface area contributed by atoms with E-state index in [0.717, 1.165) is 28.1 Å². The van der Waals surface area contributed by atoms with Gasteiger partial charge in [0.05, 0.1) is 17.6 Å². The number of hydrogen-bond acceptors (Lipinski definition) is 5. The second kappa shape index (κ2) is 9.27. The summed E-state index contributed by atoms with van der Waals surface area (Å²) < 4.78 is 13.5. The topological polar surface area (TPSA) is 76.4 Å². The fourth-order valence-electron chi connectivity index (χ4n) is 3.91. The third kappa shape index (κ3) is 4.88. The third-order valence-corrected chi connectivity index (χ3v) is 6.70. The predicted octanol–water partition coefficient (Wildman–Crippen LogP) is 4.84. The minimum atomic E-state index is -0.890. The first-order chi connectivity index (χ1) is 16.1. The zero-order valence-corrected chi connectivity index (χ0v) is 19.3. The van der Waals surface area contributed by atoms with Crippen molar-refractivity contribution in [2.45, 2.75) is 19.3 Å². The zero-order valence-electron chi connectivity index (χ0n) is 18.5. The Bertz CT molecular complexity index is 1310. The maximum absolute atomic E-state index is 12.4. The summed E-state index contributed by atoms with van der Waals surface area (Å²) in [6.07, 6.45) is 8.51. The molecule has 1 aliphatic carbocycles. The molecule has 1 atom stereocenters. The minimum Gasteiger partial charge on any atom is -0.366 e. The van der Waals surface area contributed by atoms with Crippen LogP contribution in [0.2, 0.25) is 0 Å². The second-order valence-electron chi connectivity index (χ2n) is 8.53. The van der Waals surface area contributed by atoms with Crippen LogP contribution in [0.1, 0.15) is 29.6 Å². The summed E-state index contributed by atoms with van der Waals surface area (Å²) >= 11 is 0. The lowest BCUT2D eigenvalue weighted by Gasteiger charge is -2.11. The highest BCUT2D eigenvalue weighted by atomic mass is 32.2. The highest BCUT2D eigenvalue weighted by molar-refractivity contribution is 7.84. The van der Waals surface area contributed by atoms with Crippen molar-refractivity contribution in [2.75, 3.05) is 23.9 Å². The molecule has 33 heavy (non-hydrogen) atoms. The minimum absolute atomic E-state index is 0.220. The second-order valence-corrected chi connectivity index (χ2v) is 10.1. The van der Waals surface area contributed by atoms with Crippen LogP contribution in [-0.2, 0) is 10.8 Å². The van der Waals surface area contributed by atoms with Crippen molar-refractivity contribution in [3.8, 4) is 22.5 Å². The number of hydrogen-bond donors (Lipinski definition) is 1. The van der Waals surface area contributed by atoms with Crippen LogP contribution in [0, 0.1) is 5.92 Å². The molecule has 7 heteroatoms. The first kappa shape index (κ1) is 21.5. The van der Waals surface area contributed by atoms with Gasteiger partial charge in [0.15, 0.2) is 17.2 Å². The van der Waals surface area contributed by atoms with E-state index in [-0.39, 0.29) is 5.78 Å². The molecule has 1 fully saturated rings. The van der Waals surface area contributed by atoms with Gasteiger partial charge in [-0.15, -0.1) is 0 Å². The molecule has 1 aliphatic rings. The van der Waals surface area contributed by atoms with Crippen molar-refractivity contribution in [1.82, 2.24) is 14.4 Å². The molecule has 6 nitrogen and oxygen atoms in total. The van der Waals surface area contributed by atoms with Crippen molar-refractivity contribution >= 4 is 28.0 Å². The van der Waals surface area contributed by atoms with E-state index in [1.54, 1.807) is 6.26 Å².